The van der Waals surface area contributed by atoms with Gasteiger partial charge in [0.1, 0.15) is 5.82 Å². The van der Waals surface area contributed by atoms with Crippen LogP contribution in [0.3, 0.4) is 0 Å². The molecule has 3 aromatic rings. The Bertz CT molecular complexity index is 1210. The van der Waals surface area contributed by atoms with Crippen molar-refractivity contribution in [3.63, 3.8) is 0 Å². The second-order valence-electron chi connectivity index (χ2n) is 9.53. The molecule has 38 heavy (non-hydrogen) atoms. The SMILES string of the molecule is CC(C)c1c(C(=O)N[C@@H](CO)c2ccccc2)nn(-c2ccc(F)cc2)c1CC[C@@H](O)C[C@@H](O)CC(=O)[O-]. The molecule has 9 nitrogen and oxygen atoms in total. The Morgan fingerprint density at radius 1 is 1.05 bits per heavy atom. The number of benzene rings is 2. The summed E-state index contributed by atoms with van der Waals surface area (Å²) in [5.41, 5.74) is 2.62. The van der Waals surface area contributed by atoms with Gasteiger partial charge in [-0.05, 0) is 55.0 Å². The summed E-state index contributed by atoms with van der Waals surface area (Å²) < 4.78 is 15.2. The van der Waals surface area contributed by atoms with Gasteiger partial charge in [0, 0.05) is 23.6 Å². The number of nitrogens with zero attached hydrogens (tertiary/aromatic N) is 2. The molecule has 0 aliphatic carbocycles. The minimum Gasteiger partial charge on any atom is -0.550 e. The van der Waals surface area contributed by atoms with Crippen molar-refractivity contribution >= 4 is 11.9 Å². The van der Waals surface area contributed by atoms with Crippen LogP contribution in [0.4, 0.5) is 4.39 Å². The first-order valence-corrected chi connectivity index (χ1v) is 12.5. The molecule has 1 heterocycles. The molecule has 10 heteroatoms. The van der Waals surface area contributed by atoms with Crippen LogP contribution in [0, 0.1) is 5.82 Å². The molecule has 2 aromatic carbocycles. The van der Waals surface area contributed by atoms with Crippen molar-refractivity contribution in [1.29, 1.82) is 0 Å². The standard InChI is InChI=1S/C28H34FN3O6/c1-17(2)26-24(13-12-21(34)14-22(35)15-25(36)37)32(20-10-8-19(29)9-11-20)31-27(26)28(38)30-23(16-33)18-6-4-3-5-7-18/h3-11,17,21-23,33-35H,12-16H2,1-2H3,(H,30,38)(H,36,37)/p-1/t21-,22-,23+/m1/s1. The lowest BCUT2D eigenvalue weighted by molar-refractivity contribution is -0.307. The van der Waals surface area contributed by atoms with Crippen LogP contribution in [0.15, 0.2) is 54.6 Å². The summed E-state index contributed by atoms with van der Waals surface area (Å²) in [6, 6.07) is 14.0. The van der Waals surface area contributed by atoms with E-state index in [4.69, 9.17) is 0 Å². The number of rotatable bonds is 13. The Morgan fingerprint density at radius 2 is 1.71 bits per heavy atom. The minimum atomic E-state index is -1.41. The number of carbonyl (C=O) groups is 2. The predicted octanol–water partition coefficient (Wildman–Crippen LogP) is 1.78. The van der Waals surface area contributed by atoms with E-state index in [0.29, 0.717) is 16.9 Å². The zero-order valence-corrected chi connectivity index (χ0v) is 21.4. The van der Waals surface area contributed by atoms with Crippen molar-refractivity contribution in [3.8, 4) is 5.69 Å². The highest BCUT2D eigenvalue weighted by molar-refractivity contribution is 5.94. The summed E-state index contributed by atoms with van der Waals surface area (Å²) >= 11 is 0. The van der Waals surface area contributed by atoms with Gasteiger partial charge in [0.15, 0.2) is 5.69 Å². The molecule has 1 amide bonds. The van der Waals surface area contributed by atoms with E-state index in [1.807, 2.05) is 19.9 Å². The quantitative estimate of drug-likeness (QED) is 0.265. The molecule has 0 unspecified atom stereocenters. The van der Waals surface area contributed by atoms with Gasteiger partial charge in [-0.25, -0.2) is 9.07 Å². The van der Waals surface area contributed by atoms with E-state index in [1.165, 1.54) is 28.9 Å². The maximum atomic E-state index is 13.6. The molecular weight excluding hydrogens is 493 g/mol. The van der Waals surface area contributed by atoms with Crippen molar-refractivity contribution in [1.82, 2.24) is 15.1 Å². The zero-order chi connectivity index (χ0) is 27.8. The highest BCUT2D eigenvalue weighted by atomic mass is 19.1. The monoisotopic (exact) mass is 526 g/mol. The predicted molar refractivity (Wildman–Crippen MR) is 136 cm³/mol. The Morgan fingerprint density at radius 3 is 2.29 bits per heavy atom. The van der Waals surface area contributed by atoms with Crippen LogP contribution in [0.5, 0.6) is 0 Å². The first kappa shape index (κ1) is 29.0. The average molecular weight is 527 g/mol. The summed E-state index contributed by atoms with van der Waals surface area (Å²) in [5.74, 6) is -2.50. The number of aliphatic carboxylic acids is 1. The smallest absolute Gasteiger partial charge is 0.272 e. The van der Waals surface area contributed by atoms with Gasteiger partial charge in [-0.2, -0.15) is 5.10 Å². The van der Waals surface area contributed by atoms with Crippen molar-refractivity contribution < 1.29 is 34.4 Å². The summed E-state index contributed by atoms with van der Waals surface area (Å²) in [6.07, 6.45) is -2.61. The Hall–Kier alpha value is -3.60. The number of aliphatic hydroxyl groups is 3. The van der Waals surface area contributed by atoms with Crippen LogP contribution in [-0.2, 0) is 11.2 Å². The van der Waals surface area contributed by atoms with Gasteiger partial charge in [0.25, 0.3) is 5.91 Å². The van der Waals surface area contributed by atoms with E-state index >= 15 is 0 Å². The van der Waals surface area contributed by atoms with Crippen LogP contribution >= 0.6 is 0 Å². The molecule has 0 bridgehead atoms. The normalized spacial score (nSPS) is 13.8. The first-order chi connectivity index (χ1) is 18.1. The van der Waals surface area contributed by atoms with E-state index in [-0.39, 0.29) is 37.5 Å². The van der Waals surface area contributed by atoms with E-state index in [2.05, 4.69) is 10.4 Å². The third-order valence-corrected chi connectivity index (χ3v) is 6.24. The number of carboxylic acids is 1. The molecule has 0 fully saturated rings. The third-order valence-electron chi connectivity index (χ3n) is 6.24. The number of aromatic nitrogens is 2. The van der Waals surface area contributed by atoms with Crippen molar-refractivity contribution in [3.05, 3.63) is 82.9 Å². The number of amides is 1. The van der Waals surface area contributed by atoms with Crippen molar-refractivity contribution in [2.45, 2.75) is 63.7 Å². The van der Waals surface area contributed by atoms with Gasteiger partial charge < -0.3 is 30.5 Å². The van der Waals surface area contributed by atoms with Gasteiger partial charge in [-0.15, -0.1) is 0 Å². The van der Waals surface area contributed by atoms with Crippen LogP contribution in [0.2, 0.25) is 0 Å². The molecule has 0 aliphatic heterocycles. The summed E-state index contributed by atoms with van der Waals surface area (Å²) in [7, 11) is 0. The lowest BCUT2D eigenvalue weighted by Crippen LogP contribution is -2.31. The molecule has 1 aromatic heterocycles. The number of halogens is 1. The topological polar surface area (TPSA) is 148 Å². The van der Waals surface area contributed by atoms with E-state index < -0.39 is 42.4 Å². The molecule has 4 N–H and O–H groups in total. The van der Waals surface area contributed by atoms with Crippen molar-refractivity contribution in [2.75, 3.05) is 6.61 Å². The molecule has 3 rings (SSSR count). The second-order valence-corrected chi connectivity index (χ2v) is 9.53. The van der Waals surface area contributed by atoms with E-state index in [9.17, 15) is 34.4 Å². The second kappa shape index (κ2) is 13.3. The number of aliphatic hydroxyl groups excluding tert-OH is 3. The summed E-state index contributed by atoms with van der Waals surface area (Å²) in [5, 5.41) is 48.4. The molecular formula is C28H33FN3O6-. The van der Waals surface area contributed by atoms with Gasteiger partial charge in [-0.1, -0.05) is 44.2 Å². The summed E-state index contributed by atoms with van der Waals surface area (Å²) in [4.78, 5) is 24.2. The van der Waals surface area contributed by atoms with Crippen molar-refractivity contribution in [2.24, 2.45) is 0 Å². The highest BCUT2D eigenvalue weighted by Gasteiger charge is 2.28. The maximum Gasteiger partial charge on any atom is 0.272 e. The lowest BCUT2D eigenvalue weighted by Gasteiger charge is -2.18. The number of hydrogen-bond donors (Lipinski definition) is 4. The largest absolute Gasteiger partial charge is 0.550 e. The zero-order valence-electron chi connectivity index (χ0n) is 21.4. The fourth-order valence-electron chi connectivity index (χ4n) is 4.43. The third kappa shape index (κ3) is 7.47. The van der Waals surface area contributed by atoms with Gasteiger partial charge >= 0.3 is 0 Å². The number of hydrogen-bond acceptors (Lipinski definition) is 7. The Labute approximate surface area is 220 Å². The summed E-state index contributed by atoms with van der Waals surface area (Å²) in [6.45, 7) is 3.47. The Balaban J connectivity index is 1.96. The van der Waals surface area contributed by atoms with Gasteiger partial charge in [0.05, 0.1) is 30.5 Å². The van der Waals surface area contributed by atoms with Gasteiger partial charge in [0.2, 0.25) is 0 Å². The van der Waals surface area contributed by atoms with E-state index in [0.717, 1.165) is 5.56 Å². The maximum absolute atomic E-state index is 13.6. The molecule has 0 saturated carbocycles. The first-order valence-electron chi connectivity index (χ1n) is 12.5. The molecule has 3 atom stereocenters. The fourth-order valence-corrected chi connectivity index (χ4v) is 4.43. The van der Waals surface area contributed by atoms with Crippen LogP contribution in [0.25, 0.3) is 5.69 Å². The Kier molecular flexibility index (Phi) is 10.1. The minimum absolute atomic E-state index is 0.139. The van der Waals surface area contributed by atoms with Crippen LogP contribution in [0.1, 0.15) is 72.4 Å². The molecule has 0 spiro atoms. The molecule has 0 saturated heterocycles. The molecule has 0 aliphatic rings. The number of carboxylic acid groups (broad SMARTS) is 1. The number of nitrogens with one attached hydrogen (secondary N) is 1. The lowest BCUT2D eigenvalue weighted by atomic mass is 9.95. The van der Waals surface area contributed by atoms with Crippen LogP contribution in [-0.4, -0.2) is 55.8 Å². The highest BCUT2D eigenvalue weighted by Crippen LogP contribution is 2.29. The number of carbonyl (C=O) groups excluding carboxylic acids is 2. The van der Waals surface area contributed by atoms with Crippen LogP contribution < -0.4 is 10.4 Å². The fraction of sp³-hybridized carbons (Fsp3) is 0.393. The average Bonchev–Trinajstić information content (AvgIpc) is 3.26. The van der Waals surface area contributed by atoms with E-state index in [1.54, 1.807) is 24.3 Å². The molecule has 204 valence electrons. The van der Waals surface area contributed by atoms with Gasteiger partial charge in [-0.3, -0.25) is 4.79 Å². The molecule has 0 radical (unpaired) electrons.